The van der Waals surface area contributed by atoms with E-state index < -0.39 is 10.9 Å². The standard InChI is InChI=1S/C15H10N2O4S2/c18-15(12-9-23-14(16-12)13-5-2-6-22-13)21-8-10-3-1-4-11(7-10)17(19)20/h1-7,9H,8H2. The Hall–Kier alpha value is -2.58. The normalized spacial score (nSPS) is 10.4. The number of carbonyl (C=O) groups is 1. The van der Waals surface area contributed by atoms with Crippen molar-refractivity contribution in [2.24, 2.45) is 0 Å². The molecule has 6 nitrogen and oxygen atoms in total. The molecule has 3 aromatic rings. The van der Waals surface area contributed by atoms with E-state index in [0.717, 1.165) is 9.88 Å². The van der Waals surface area contributed by atoms with Crippen LogP contribution in [0.25, 0.3) is 9.88 Å². The number of esters is 1. The van der Waals surface area contributed by atoms with Crippen molar-refractivity contribution in [1.29, 1.82) is 0 Å². The number of rotatable bonds is 5. The van der Waals surface area contributed by atoms with E-state index >= 15 is 0 Å². The van der Waals surface area contributed by atoms with Gasteiger partial charge in [0, 0.05) is 17.5 Å². The monoisotopic (exact) mass is 346 g/mol. The zero-order valence-corrected chi connectivity index (χ0v) is 13.3. The maximum absolute atomic E-state index is 12.0. The second-order valence-electron chi connectivity index (χ2n) is 4.52. The summed E-state index contributed by atoms with van der Waals surface area (Å²) < 4.78 is 5.17. The summed E-state index contributed by atoms with van der Waals surface area (Å²) in [7, 11) is 0. The molecule has 0 bridgehead atoms. The van der Waals surface area contributed by atoms with Crippen LogP contribution in [0.2, 0.25) is 0 Å². The van der Waals surface area contributed by atoms with Gasteiger partial charge in [-0.3, -0.25) is 10.1 Å². The summed E-state index contributed by atoms with van der Waals surface area (Å²) in [5.74, 6) is -0.546. The van der Waals surface area contributed by atoms with Gasteiger partial charge in [0.25, 0.3) is 5.69 Å². The van der Waals surface area contributed by atoms with Crippen LogP contribution in [0, 0.1) is 10.1 Å². The minimum atomic E-state index is -0.546. The fourth-order valence-corrected chi connectivity index (χ4v) is 3.47. The van der Waals surface area contributed by atoms with Gasteiger partial charge in [0.2, 0.25) is 0 Å². The number of nitro groups is 1. The van der Waals surface area contributed by atoms with Gasteiger partial charge in [0.05, 0.1) is 9.80 Å². The summed E-state index contributed by atoms with van der Waals surface area (Å²) in [6, 6.07) is 9.84. The van der Waals surface area contributed by atoms with Crippen LogP contribution in [-0.2, 0) is 11.3 Å². The van der Waals surface area contributed by atoms with Gasteiger partial charge < -0.3 is 4.74 Å². The molecule has 0 radical (unpaired) electrons. The van der Waals surface area contributed by atoms with Crippen LogP contribution in [0.15, 0.2) is 47.2 Å². The molecule has 0 fully saturated rings. The molecule has 8 heteroatoms. The molecule has 2 heterocycles. The van der Waals surface area contributed by atoms with E-state index in [9.17, 15) is 14.9 Å². The van der Waals surface area contributed by atoms with Crippen molar-refractivity contribution in [3.8, 4) is 9.88 Å². The second kappa shape index (κ2) is 6.67. The third kappa shape index (κ3) is 3.61. The van der Waals surface area contributed by atoms with Crippen LogP contribution in [0.1, 0.15) is 16.1 Å². The number of carbonyl (C=O) groups excluding carboxylic acids is 1. The largest absolute Gasteiger partial charge is 0.456 e. The highest BCUT2D eigenvalue weighted by Crippen LogP contribution is 2.28. The molecule has 116 valence electrons. The lowest BCUT2D eigenvalue weighted by Crippen LogP contribution is -2.05. The van der Waals surface area contributed by atoms with Gasteiger partial charge in [-0.1, -0.05) is 18.2 Å². The van der Waals surface area contributed by atoms with E-state index in [2.05, 4.69) is 4.98 Å². The highest BCUT2D eigenvalue weighted by molar-refractivity contribution is 7.20. The van der Waals surface area contributed by atoms with Crippen LogP contribution in [-0.4, -0.2) is 15.9 Å². The minimum Gasteiger partial charge on any atom is -0.456 e. The molecule has 0 N–H and O–H groups in total. The fraction of sp³-hybridized carbons (Fsp3) is 0.0667. The molecule has 2 aromatic heterocycles. The number of thiazole rings is 1. The molecule has 0 aliphatic heterocycles. The minimum absolute atomic E-state index is 0.0350. The Bertz CT molecular complexity index is 843. The van der Waals surface area contributed by atoms with Crippen LogP contribution >= 0.6 is 22.7 Å². The number of benzene rings is 1. The number of hydrogen-bond donors (Lipinski definition) is 0. The lowest BCUT2D eigenvalue weighted by Gasteiger charge is -2.03. The lowest BCUT2D eigenvalue weighted by atomic mass is 10.2. The Balaban J connectivity index is 1.66. The SMILES string of the molecule is O=C(OCc1cccc([N+](=O)[O-])c1)c1csc(-c2cccs2)n1. The first-order valence-corrected chi connectivity index (χ1v) is 8.29. The lowest BCUT2D eigenvalue weighted by molar-refractivity contribution is -0.384. The molecule has 0 saturated carbocycles. The van der Waals surface area contributed by atoms with Gasteiger partial charge in [-0.25, -0.2) is 9.78 Å². The average Bonchev–Trinajstić information content (AvgIpc) is 3.23. The maximum Gasteiger partial charge on any atom is 0.358 e. The molecule has 0 spiro atoms. The number of aromatic nitrogens is 1. The molecule has 0 aliphatic carbocycles. The number of ether oxygens (including phenoxy) is 1. The highest BCUT2D eigenvalue weighted by atomic mass is 32.1. The van der Waals surface area contributed by atoms with Crippen LogP contribution in [0.3, 0.4) is 0 Å². The molecule has 0 amide bonds. The van der Waals surface area contributed by atoms with Crippen molar-refractivity contribution in [2.45, 2.75) is 6.61 Å². The van der Waals surface area contributed by atoms with Crippen molar-refractivity contribution in [3.05, 3.63) is 68.5 Å². The Morgan fingerprint density at radius 3 is 2.87 bits per heavy atom. The van der Waals surface area contributed by atoms with Gasteiger partial charge >= 0.3 is 5.97 Å². The van der Waals surface area contributed by atoms with Crippen molar-refractivity contribution < 1.29 is 14.5 Å². The van der Waals surface area contributed by atoms with Gasteiger partial charge in [0.1, 0.15) is 11.6 Å². The average molecular weight is 346 g/mol. The number of non-ortho nitro benzene ring substituents is 1. The van der Waals surface area contributed by atoms with E-state index in [1.54, 1.807) is 28.8 Å². The summed E-state index contributed by atoms with van der Waals surface area (Å²) in [6.07, 6.45) is 0. The van der Waals surface area contributed by atoms with Gasteiger partial charge in [-0.2, -0.15) is 0 Å². The summed E-state index contributed by atoms with van der Waals surface area (Å²) in [4.78, 5) is 27.5. The van der Waals surface area contributed by atoms with Crippen molar-refractivity contribution in [1.82, 2.24) is 4.98 Å². The Morgan fingerprint density at radius 2 is 2.13 bits per heavy atom. The zero-order chi connectivity index (χ0) is 16.2. The zero-order valence-electron chi connectivity index (χ0n) is 11.7. The van der Waals surface area contributed by atoms with Gasteiger partial charge in [-0.15, -0.1) is 22.7 Å². The molecular formula is C15H10N2O4S2. The van der Waals surface area contributed by atoms with Crippen LogP contribution < -0.4 is 0 Å². The number of nitro benzene ring substituents is 1. The topological polar surface area (TPSA) is 82.3 Å². The van der Waals surface area contributed by atoms with Crippen LogP contribution in [0.5, 0.6) is 0 Å². The highest BCUT2D eigenvalue weighted by Gasteiger charge is 2.14. The molecule has 0 unspecified atom stereocenters. The summed E-state index contributed by atoms with van der Waals surface area (Å²) in [6.45, 7) is -0.0353. The predicted octanol–water partition coefficient (Wildman–Crippen LogP) is 4.14. The molecule has 23 heavy (non-hydrogen) atoms. The Labute approximate surface area is 139 Å². The third-order valence-electron chi connectivity index (χ3n) is 2.94. The first-order valence-electron chi connectivity index (χ1n) is 6.53. The molecule has 0 aliphatic rings. The number of thiophene rings is 1. The van der Waals surface area contributed by atoms with Gasteiger partial charge in [0.15, 0.2) is 5.69 Å². The van der Waals surface area contributed by atoms with E-state index in [0.29, 0.717) is 5.56 Å². The summed E-state index contributed by atoms with van der Waals surface area (Å²) in [5.41, 5.74) is 0.761. The molecular weight excluding hydrogens is 336 g/mol. The van der Waals surface area contributed by atoms with E-state index in [4.69, 9.17) is 4.74 Å². The summed E-state index contributed by atoms with van der Waals surface area (Å²) >= 11 is 2.92. The Kier molecular flexibility index (Phi) is 4.45. The predicted molar refractivity (Wildman–Crippen MR) is 87.6 cm³/mol. The summed E-state index contributed by atoms with van der Waals surface area (Å²) in [5, 5.41) is 15.1. The Morgan fingerprint density at radius 1 is 1.26 bits per heavy atom. The molecule has 0 atom stereocenters. The van der Waals surface area contributed by atoms with Crippen LogP contribution in [0.4, 0.5) is 5.69 Å². The first-order chi connectivity index (χ1) is 11.1. The molecule has 3 rings (SSSR count). The maximum atomic E-state index is 12.0. The van der Waals surface area contributed by atoms with Crippen molar-refractivity contribution in [3.63, 3.8) is 0 Å². The van der Waals surface area contributed by atoms with E-state index in [-0.39, 0.29) is 18.0 Å². The second-order valence-corrected chi connectivity index (χ2v) is 6.32. The third-order valence-corrected chi connectivity index (χ3v) is 4.82. The number of hydrogen-bond acceptors (Lipinski definition) is 7. The first kappa shape index (κ1) is 15.3. The molecule has 1 aromatic carbocycles. The van der Waals surface area contributed by atoms with Gasteiger partial charge in [-0.05, 0) is 17.0 Å². The number of nitrogens with zero attached hydrogens (tertiary/aromatic N) is 2. The quantitative estimate of drug-likeness (QED) is 0.394. The fourth-order valence-electron chi connectivity index (χ4n) is 1.86. The van der Waals surface area contributed by atoms with Crippen molar-refractivity contribution in [2.75, 3.05) is 0 Å². The van der Waals surface area contributed by atoms with Crippen molar-refractivity contribution >= 4 is 34.3 Å². The van der Waals surface area contributed by atoms with E-state index in [1.807, 2.05) is 17.5 Å². The van der Waals surface area contributed by atoms with E-state index in [1.165, 1.54) is 23.5 Å². The smallest absolute Gasteiger partial charge is 0.358 e. The molecule has 0 saturated heterocycles.